The molecule has 1 heteroatoms. The van der Waals surface area contributed by atoms with Gasteiger partial charge in [0.05, 0.1) is 5.54 Å². The van der Waals surface area contributed by atoms with Crippen molar-refractivity contribution in [3.05, 3.63) is 0 Å². The summed E-state index contributed by atoms with van der Waals surface area (Å²) in [4.78, 5) is 0. The molecule has 0 aliphatic rings. The molecule has 2 N–H and O–H groups in total. The van der Waals surface area contributed by atoms with Gasteiger partial charge in [-0.1, -0.05) is 32.1 Å². The van der Waals surface area contributed by atoms with Crippen LogP contribution in [0.5, 0.6) is 0 Å². The monoisotopic (exact) mass is 177 g/mol. The average Bonchev–Trinajstić information content (AvgIpc) is 2.11. The van der Waals surface area contributed by atoms with E-state index in [0.29, 0.717) is 0 Å². The SMILES string of the molecule is CCCCC#CC#CC(C)(N)CC. The van der Waals surface area contributed by atoms with E-state index in [1.807, 2.05) is 13.8 Å². The lowest BCUT2D eigenvalue weighted by molar-refractivity contribution is 0.586. The normalized spacial score (nSPS) is 13.2. The van der Waals surface area contributed by atoms with Crippen LogP contribution in [0.15, 0.2) is 0 Å². The first kappa shape index (κ1) is 12.1. The molecule has 0 aromatic rings. The molecule has 0 aliphatic carbocycles. The molecule has 0 amide bonds. The summed E-state index contributed by atoms with van der Waals surface area (Å²) in [5, 5.41) is 0. The summed E-state index contributed by atoms with van der Waals surface area (Å²) in [5.74, 6) is 11.6. The highest BCUT2D eigenvalue weighted by Gasteiger charge is 2.09. The van der Waals surface area contributed by atoms with Crippen LogP contribution < -0.4 is 5.73 Å². The van der Waals surface area contributed by atoms with Gasteiger partial charge in [0.15, 0.2) is 0 Å². The quantitative estimate of drug-likeness (QED) is 0.519. The minimum absolute atomic E-state index is 0.376. The zero-order valence-electron chi connectivity index (χ0n) is 8.91. The van der Waals surface area contributed by atoms with Crippen molar-refractivity contribution in [2.45, 2.75) is 52.0 Å². The molecule has 0 aromatic carbocycles. The third kappa shape index (κ3) is 7.44. The van der Waals surface area contributed by atoms with Crippen molar-refractivity contribution in [3.8, 4) is 23.7 Å². The van der Waals surface area contributed by atoms with Crippen molar-refractivity contribution in [2.24, 2.45) is 5.73 Å². The fraction of sp³-hybridized carbons (Fsp3) is 0.667. The molecule has 0 aromatic heterocycles. The van der Waals surface area contributed by atoms with Gasteiger partial charge >= 0.3 is 0 Å². The van der Waals surface area contributed by atoms with Crippen LogP contribution in [0, 0.1) is 23.7 Å². The van der Waals surface area contributed by atoms with Crippen LogP contribution in [0.4, 0.5) is 0 Å². The van der Waals surface area contributed by atoms with Crippen LogP contribution >= 0.6 is 0 Å². The first-order valence-corrected chi connectivity index (χ1v) is 4.91. The van der Waals surface area contributed by atoms with Gasteiger partial charge in [0.1, 0.15) is 0 Å². The van der Waals surface area contributed by atoms with Gasteiger partial charge in [-0.25, -0.2) is 0 Å². The summed E-state index contributed by atoms with van der Waals surface area (Å²) >= 11 is 0. The molecule has 0 bridgehead atoms. The van der Waals surface area contributed by atoms with E-state index in [1.165, 1.54) is 6.42 Å². The number of unbranched alkanes of at least 4 members (excludes halogenated alkanes) is 2. The summed E-state index contributed by atoms with van der Waals surface area (Å²) in [5.41, 5.74) is 5.44. The van der Waals surface area contributed by atoms with E-state index < -0.39 is 0 Å². The predicted octanol–water partition coefficient (Wildman–Crippen LogP) is 2.31. The van der Waals surface area contributed by atoms with Crippen LogP contribution in [0.3, 0.4) is 0 Å². The van der Waals surface area contributed by atoms with Gasteiger partial charge in [-0.15, -0.1) is 0 Å². The van der Waals surface area contributed by atoms with Crippen molar-refractivity contribution in [1.29, 1.82) is 0 Å². The molecule has 1 atom stereocenters. The summed E-state index contributed by atoms with van der Waals surface area (Å²) in [6.45, 7) is 6.11. The molecule has 0 spiro atoms. The summed E-state index contributed by atoms with van der Waals surface area (Å²) in [7, 11) is 0. The van der Waals surface area contributed by atoms with Crippen molar-refractivity contribution < 1.29 is 0 Å². The topological polar surface area (TPSA) is 26.0 Å². The van der Waals surface area contributed by atoms with E-state index in [0.717, 1.165) is 19.3 Å². The Morgan fingerprint density at radius 2 is 1.92 bits per heavy atom. The van der Waals surface area contributed by atoms with Gasteiger partial charge in [-0.05, 0) is 31.6 Å². The minimum atomic E-state index is -0.376. The van der Waals surface area contributed by atoms with Crippen LogP contribution in [0.25, 0.3) is 0 Å². The van der Waals surface area contributed by atoms with Gasteiger partial charge < -0.3 is 5.73 Å². The summed E-state index contributed by atoms with van der Waals surface area (Å²) in [6, 6.07) is 0. The highest BCUT2D eigenvalue weighted by atomic mass is 14.7. The average molecular weight is 177 g/mol. The Bertz CT molecular complexity index is 242. The highest BCUT2D eigenvalue weighted by Crippen LogP contribution is 2.00. The zero-order valence-corrected chi connectivity index (χ0v) is 8.91. The molecule has 0 heterocycles. The summed E-state index contributed by atoms with van der Waals surface area (Å²) < 4.78 is 0. The van der Waals surface area contributed by atoms with Crippen molar-refractivity contribution in [2.75, 3.05) is 0 Å². The number of rotatable bonds is 3. The standard InChI is InChI=1S/C12H19N/c1-4-6-7-8-9-10-11-12(3,13)5-2/h4-7,13H2,1-3H3. The molecule has 72 valence electrons. The minimum Gasteiger partial charge on any atom is -0.315 e. The number of hydrogen-bond acceptors (Lipinski definition) is 1. The van der Waals surface area contributed by atoms with E-state index in [1.54, 1.807) is 0 Å². The zero-order chi connectivity index (χ0) is 10.2. The second kappa shape index (κ2) is 6.58. The molecule has 0 aliphatic heterocycles. The van der Waals surface area contributed by atoms with Gasteiger partial charge in [0.25, 0.3) is 0 Å². The molecule has 13 heavy (non-hydrogen) atoms. The van der Waals surface area contributed by atoms with E-state index >= 15 is 0 Å². The first-order chi connectivity index (χ1) is 6.12. The van der Waals surface area contributed by atoms with Gasteiger partial charge in [-0.2, -0.15) is 0 Å². The Kier molecular flexibility index (Phi) is 6.11. The molecule has 1 nitrogen and oxygen atoms in total. The Morgan fingerprint density at radius 1 is 1.23 bits per heavy atom. The highest BCUT2D eigenvalue weighted by molar-refractivity contribution is 5.30. The Labute approximate surface area is 82.1 Å². The van der Waals surface area contributed by atoms with E-state index in [9.17, 15) is 0 Å². The van der Waals surface area contributed by atoms with E-state index in [-0.39, 0.29) is 5.54 Å². The molecule has 1 unspecified atom stereocenters. The van der Waals surface area contributed by atoms with Crippen LogP contribution in [0.2, 0.25) is 0 Å². The second-order valence-corrected chi connectivity index (χ2v) is 3.43. The molecule has 0 radical (unpaired) electrons. The second-order valence-electron chi connectivity index (χ2n) is 3.43. The number of nitrogens with two attached hydrogens (primary N) is 1. The van der Waals surface area contributed by atoms with Crippen molar-refractivity contribution in [1.82, 2.24) is 0 Å². The Morgan fingerprint density at radius 3 is 2.46 bits per heavy atom. The van der Waals surface area contributed by atoms with Crippen LogP contribution in [-0.2, 0) is 0 Å². The maximum absolute atomic E-state index is 5.82. The van der Waals surface area contributed by atoms with Crippen molar-refractivity contribution in [3.63, 3.8) is 0 Å². The largest absolute Gasteiger partial charge is 0.315 e. The van der Waals surface area contributed by atoms with Gasteiger partial charge in [0, 0.05) is 6.42 Å². The fourth-order valence-electron chi connectivity index (χ4n) is 0.634. The predicted molar refractivity (Wildman–Crippen MR) is 58.0 cm³/mol. The Balaban J connectivity index is 3.88. The molecular formula is C12H19N. The molecule has 0 saturated carbocycles. The third-order valence-corrected chi connectivity index (χ3v) is 1.89. The van der Waals surface area contributed by atoms with Crippen LogP contribution in [-0.4, -0.2) is 5.54 Å². The molecule has 0 rings (SSSR count). The maximum atomic E-state index is 5.82. The maximum Gasteiger partial charge on any atom is 0.0755 e. The third-order valence-electron chi connectivity index (χ3n) is 1.89. The van der Waals surface area contributed by atoms with Crippen LogP contribution in [0.1, 0.15) is 46.5 Å². The molecule has 0 saturated heterocycles. The fourth-order valence-corrected chi connectivity index (χ4v) is 0.634. The molecular weight excluding hydrogens is 158 g/mol. The molecule has 0 fully saturated rings. The summed E-state index contributed by atoms with van der Waals surface area (Å²) in [6.07, 6.45) is 4.14. The van der Waals surface area contributed by atoms with Gasteiger partial charge in [-0.3, -0.25) is 0 Å². The first-order valence-electron chi connectivity index (χ1n) is 4.91. The van der Waals surface area contributed by atoms with E-state index in [2.05, 4.69) is 30.6 Å². The van der Waals surface area contributed by atoms with E-state index in [4.69, 9.17) is 5.73 Å². The lowest BCUT2D eigenvalue weighted by atomic mass is 10.0. The Hall–Kier alpha value is -0.920. The van der Waals surface area contributed by atoms with Gasteiger partial charge in [0.2, 0.25) is 0 Å². The lowest BCUT2D eigenvalue weighted by Gasteiger charge is -2.12. The lowest BCUT2D eigenvalue weighted by Crippen LogP contribution is -2.32. The smallest absolute Gasteiger partial charge is 0.0755 e. The number of hydrogen-bond donors (Lipinski definition) is 1. The van der Waals surface area contributed by atoms with Crippen molar-refractivity contribution >= 4 is 0 Å².